The molecule has 0 aliphatic heterocycles. The van der Waals surface area contributed by atoms with E-state index in [0.717, 1.165) is 30.3 Å². The molecule has 0 aromatic rings. The molecule has 1 nitrogen and oxygen atoms in total. The molecule has 0 radical (unpaired) electrons. The van der Waals surface area contributed by atoms with Gasteiger partial charge in [0.15, 0.2) is 0 Å². The van der Waals surface area contributed by atoms with Crippen molar-refractivity contribution in [1.29, 1.82) is 0 Å². The van der Waals surface area contributed by atoms with Gasteiger partial charge in [-0.25, -0.2) is 0 Å². The van der Waals surface area contributed by atoms with E-state index in [0.29, 0.717) is 0 Å². The minimum Gasteiger partial charge on any atom is -0.384 e. The van der Waals surface area contributed by atoms with Crippen LogP contribution in [0.25, 0.3) is 0 Å². The summed E-state index contributed by atoms with van der Waals surface area (Å²) >= 11 is 0. The quantitative estimate of drug-likeness (QED) is 0.436. The van der Waals surface area contributed by atoms with Crippen LogP contribution in [0.15, 0.2) is 0 Å². The first-order valence-corrected chi connectivity index (χ1v) is 10.3. The topological polar surface area (TPSA) is 9.23 Å². The Morgan fingerprint density at radius 3 is 1.77 bits per heavy atom. The van der Waals surface area contributed by atoms with Crippen molar-refractivity contribution in [2.45, 2.75) is 96.8 Å². The lowest BCUT2D eigenvalue weighted by molar-refractivity contribution is 0.0925. The van der Waals surface area contributed by atoms with E-state index in [9.17, 15) is 0 Å². The highest BCUT2D eigenvalue weighted by molar-refractivity contribution is 4.82. The average Bonchev–Trinajstić information content (AvgIpc) is 2.56. The molecule has 0 spiro atoms. The largest absolute Gasteiger partial charge is 0.384 e. The summed E-state index contributed by atoms with van der Waals surface area (Å²) in [6, 6.07) is 0. The predicted octanol–water partition coefficient (Wildman–Crippen LogP) is 6.61. The molecular weight excluding hydrogens is 268 g/mol. The van der Waals surface area contributed by atoms with E-state index in [-0.39, 0.29) is 0 Å². The lowest BCUT2D eigenvalue weighted by Gasteiger charge is -2.37. The van der Waals surface area contributed by atoms with Gasteiger partial charge in [0.2, 0.25) is 0 Å². The third-order valence-electron chi connectivity index (χ3n) is 6.57. The van der Waals surface area contributed by atoms with Crippen molar-refractivity contribution in [2.75, 3.05) is 13.7 Å². The maximum atomic E-state index is 5.34. The van der Waals surface area contributed by atoms with Gasteiger partial charge in [0.1, 0.15) is 0 Å². The van der Waals surface area contributed by atoms with Crippen LogP contribution in [-0.4, -0.2) is 13.7 Å². The van der Waals surface area contributed by atoms with E-state index in [2.05, 4.69) is 6.92 Å². The van der Waals surface area contributed by atoms with Crippen molar-refractivity contribution in [2.24, 2.45) is 23.7 Å². The molecule has 0 bridgehead atoms. The Hall–Kier alpha value is -0.0400. The number of hydrogen-bond acceptors (Lipinski definition) is 1. The fraction of sp³-hybridized carbons (Fsp3) is 1.00. The molecule has 2 saturated carbocycles. The summed E-state index contributed by atoms with van der Waals surface area (Å²) in [5.41, 5.74) is 0. The van der Waals surface area contributed by atoms with Crippen LogP contribution in [0.5, 0.6) is 0 Å². The van der Waals surface area contributed by atoms with Crippen LogP contribution in [0.4, 0.5) is 0 Å². The van der Waals surface area contributed by atoms with Crippen LogP contribution in [0.2, 0.25) is 0 Å². The van der Waals surface area contributed by atoms with Gasteiger partial charge in [-0.1, -0.05) is 58.3 Å². The van der Waals surface area contributed by atoms with Crippen LogP contribution in [0.3, 0.4) is 0 Å². The second-order valence-corrected chi connectivity index (χ2v) is 8.22. The second kappa shape index (κ2) is 10.7. The molecule has 0 heterocycles. The summed E-state index contributed by atoms with van der Waals surface area (Å²) in [4.78, 5) is 0. The molecule has 0 aromatic heterocycles. The van der Waals surface area contributed by atoms with Gasteiger partial charge in [0.05, 0.1) is 0 Å². The third-order valence-corrected chi connectivity index (χ3v) is 6.57. The van der Waals surface area contributed by atoms with Gasteiger partial charge < -0.3 is 4.74 Å². The van der Waals surface area contributed by atoms with Crippen molar-refractivity contribution < 1.29 is 4.74 Å². The SMILES string of the molecule is CCCCCCCC1CCC(C2CCC(COC)CC2)CC1. The zero-order valence-electron chi connectivity index (χ0n) is 15.3. The first kappa shape index (κ1) is 18.3. The average molecular weight is 309 g/mol. The van der Waals surface area contributed by atoms with Gasteiger partial charge in [0.25, 0.3) is 0 Å². The Morgan fingerprint density at radius 2 is 1.23 bits per heavy atom. The highest BCUT2D eigenvalue weighted by Crippen LogP contribution is 2.42. The van der Waals surface area contributed by atoms with Crippen molar-refractivity contribution in [3.63, 3.8) is 0 Å². The molecule has 0 unspecified atom stereocenters. The molecule has 2 aliphatic rings. The summed E-state index contributed by atoms with van der Waals surface area (Å²) < 4.78 is 5.34. The molecule has 0 N–H and O–H groups in total. The second-order valence-electron chi connectivity index (χ2n) is 8.22. The van der Waals surface area contributed by atoms with Crippen molar-refractivity contribution in [1.82, 2.24) is 0 Å². The minimum atomic E-state index is 0.862. The summed E-state index contributed by atoms with van der Waals surface area (Å²) in [5.74, 6) is 4.06. The zero-order chi connectivity index (χ0) is 15.6. The van der Waals surface area contributed by atoms with E-state index in [1.54, 1.807) is 12.8 Å². The Kier molecular flexibility index (Phi) is 8.89. The molecule has 1 heteroatoms. The smallest absolute Gasteiger partial charge is 0.0490 e. The van der Waals surface area contributed by atoms with Gasteiger partial charge in [-0.2, -0.15) is 0 Å². The zero-order valence-corrected chi connectivity index (χ0v) is 15.3. The Labute approximate surface area is 139 Å². The van der Waals surface area contributed by atoms with Gasteiger partial charge in [-0.05, 0) is 62.2 Å². The Morgan fingerprint density at radius 1 is 0.682 bits per heavy atom. The first-order valence-electron chi connectivity index (χ1n) is 10.3. The molecule has 0 amide bonds. The van der Waals surface area contributed by atoms with Crippen molar-refractivity contribution in [3.8, 4) is 0 Å². The van der Waals surface area contributed by atoms with E-state index < -0.39 is 0 Å². The summed E-state index contributed by atoms with van der Waals surface area (Å²) in [7, 11) is 1.86. The normalized spacial score (nSPS) is 33.0. The maximum Gasteiger partial charge on any atom is 0.0490 e. The molecule has 130 valence electrons. The molecule has 2 fully saturated rings. The third kappa shape index (κ3) is 6.22. The molecular formula is C21H40O. The predicted molar refractivity (Wildman–Crippen MR) is 96.1 cm³/mol. The fourth-order valence-electron chi connectivity index (χ4n) is 5.05. The number of rotatable bonds is 9. The molecule has 2 aliphatic carbocycles. The molecule has 0 atom stereocenters. The van der Waals surface area contributed by atoms with Gasteiger partial charge in [0, 0.05) is 13.7 Å². The monoisotopic (exact) mass is 308 g/mol. The van der Waals surface area contributed by atoms with Crippen LogP contribution in [0, 0.1) is 23.7 Å². The van der Waals surface area contributed by atoms with Gasteiger partial charge in [-0.3, -0.25) is 0 Å². The number of ether oxygens (including phenoxy) is 1. The van der Waals surface area contributed by atoms with E-state index in [1.165, 1.54) is 77.0 Å². The van der Waals surface area contributed by atoms with Gasteiger partial charge in [-0.15, -0.1) is 0 Å². The highest BCUT2D eigenvalue weighted by atomic mass is 16.5. The first-order chi connectivity index (χ1) is 10.8. The van der Waals surface area contributed by atoms with E-state index in [1.807, 2.05) is 7.11 Å². The molecule has 2 rings (SSSR count). The standard InChI is InChI=1S/C21H40O/c1-3-4-5-6-7-8-18-9-13-20(14-10-18)21-15-11-19(12-16-21)17-22-2/h18-21H,3-17H2,1-2H3. The Bertz CT molecular complexity index is 259. The van der Waals surface area contributed by atoms with Crippen LogP contribution >= 0.6 is 0 Å². The Balaban J connectivity index is 1.55. The van der Waals surface area contributed by atoms with Gasteiger partial charge >= 0.3 is 0 Å². The fourth-order valence-corrected chi connectivity index (χ4v) is 5.05. The van der Waals surface area contributed by atoms with Crippen LogP contribution in [-0.2, 0) is 4.74 Å². The van der Waals surface area contributed by atoms with Crippen molar-refractivity contribution >= 4 is 0 Å². The lowest BCUT2D eigenvalue weighted by Crippen LogP contribution is -2.27. The lowest BCUT2D eigenvalue weighted by atomic mass is 9.69. The summed E-state index contributed by atoms with van der Waals surface area (Å²) in [6.07, 6.45) is 20.8. The summed E-state index contributed by atoms with van der Waals surface area (Å²) in [5, 5.41) is 0. The van der Waals surface area contributed by atoms with Crippen LogP contribution < -0.4 is 0 Å². The number of hydrogen-bond donors (Lipinski definition) is 0. The molecule has 22 heavy (non-hydrogen) atoms. The minimum absolute atomic E-state index is 0.862. The maximum absolute atomic E-state index is 5.34. The molecule has 0 saturated heterocycles. The summed E-state index contributed by atoms with van der Waals surface area (Å²) in [6.45, 7) is 3.31. The van der Waals surface area contributed by atoms with E-state index in [4.69, 9.17) is 4.74 Å². The van der Waals surface area contributed by atoms with E-state index >= 15 is 0 Å². The van der Waals surface area contributed by atoms with Crippen molar-refractivity contribution in [3.05, 3.63) is 0 Å². The number of unbranched alkanes of at least 4 members (excludes halogenated alkanes) is 4. The molecule has 0 aromatic carbocycles. The number of methoxy groups -OCH3 is 1. The van der Waals surface area contributed by atoms with Crippen LogP contribution in [0.1, 0.15) is 96.8 Å². The highest BCUT2D eigenvalue weighted by Gasteiger charge is 2.30.